The molecule has 0 aromatic heterocycles. The molecular formula is C13H24S. The van der Waals surface area contributed by atoms with Crippen LogP contribution in [0.4, 0.5) is 0 Å². The number of hydrogen-bond acceptors (Lipinski definition) is 1. The Labute approximate surface area is 93.5 Å². The van der Waals surface area contributed by atoms with Crippen LogP contribution in [0.1, 0.15) is 40.0 Å². The number of rotatable bonds is 4. The van der Waals surface area contributed by atoms with Crippen LogP contribution in [0.15, 0.2) is 12.7 Å². The standard InChI is InChI=1S/C13H24S/c1-5-8-14-13-9-11(4)6-7-12(13)10(2)3/h5,10-13H,1,6-9H2,2-4H3/t11-,12+,13-/m1/s1. The highest BCUT2D eigenvalue weighted by Gasteiger charge is 2.30. The highest BCUT2D eigenvalue weighted by Crippen LogP contribution is 2.39. The summed E-state index contributed by atoms with van der Waals surface area (Å²) in [6.45, 7) is 11.0. The predicted molar refractivity (Wildman–Crippen MR) is 67.8 cm³/mol. The van der Waals surface area contributed by atoms with Crippen LogP contribution in [0.2, 0.25) is 0 Å². The summed E-state index contributed by atoms with van der Waals surface area (Å²) in [5, 5.41) is 0.886. The zero-order valence-corrected chi connectivity index (χ0v) is 10.6. The van der Waals surface area contributed by atoms with Crippen molar-refractivity contribution in [1.29, 1.82) is 0 Å². The molecule has 3 atom stereocenters. The van der Waals surface area contributed by atoms with Gasteiger partial charge in [0.2, 0.25) is 0 Å². The van der Waals surface area contributed by atoms with Gasteiger partial charge in [-0.2, -0.15) is 11.8 Å². The van der Waals surface area contributed by atoms with Crippen molar-refractivity contribution < 1.29 is 0 Å². The summed E-state index contributed by atoms with van der Waals surface area (Å²) < 4.78 is 0. The molecule has 0 nitrogen and oxygen atoms in total. The first kappa shape index (κ1) is 12.2. The van der Waals surface area contributed by atoms with Crippen LogP contribution in [-0.4, -0.2) is 11.0 Å². The van der Waals surface area contributed by atoms with E-state index in [0.29, 0.717) is 0 Å². The highest BCUT2D eigenvalue weighted by atomic mass is 32.2. The van der Waals surface area contributed by atoms with Gasteiger partial charge in [0, 0.05) is 11.0 Å². The molecule has 0 saturated heterocycles. The maximum Gasteiger partial charge on any atom is 0.0113 e. The van der Waals surface area contributed by atoms with Crippen LogP contribution < -0.4 is 0 Å². The second kappa shape index (κ2) is 5.85. The average Bonchev–Trinajstić information content (AvgIpc) is 2.14. The summed E-state index contributed by atoms with van der Waals surface area (Å²) in [7, 11) is 0. The van der Waals surface area contributed by atoms with Crippen molar-refractivity contribution in [2.75, 3.05) is 5.75 Å². The molecule has 0 aromatic carbocycles. The molecule has 1 fully saturated rings. The average molecular weight is 212 g/mol. The van der Waals surface area contributed by atoms with E-state index in [4.69, 9.17) is 0 Å². The first-order valence-corrected chi connectivity index (χ1v) is 6.92. The Morgan fingerprint density at radius 1 is 1.43 bits per heavy atom. The summed E-state index contributed by atoms with van der Waals surface area (Å²) in [6, 6.07) is 0. The molecule has 0 radical (unpaired) electrons. The Kier molecular flexibility index (Phi) is 5.08. The second-order valence-corrected chi connectivity index (χ2v) is 6.26. The largest absolute Gasteiger partial charge is 0.154 e. The number of thioether (sulfide) groups is 1. The van der Waals surface area contributed by atoms with Crippen LogP contribution in [0.5, 0.6) is 0 Å². The normalized spacial score (nSPS) is 33.3. The molecule has 0 heterocycles. The lowest BCUT2D eigenvalue weighted by atomic mass is 9.77. The quantitative estimate of drug-likeness (QED) is 0.624. The molecule has 0 spiro atoms. The highest BCUT2D eigenvalue weighted by molar-refractivity contribution is 8.00. The van der Waals surface area contributed by atoms with Crippen molar-refractivity contribution in [3.63, 3.8) is 0 Å². The van der Waals surface area contributed by atoms with E-state index in [1.54, 1.807) is 0 Å². The molecule has 0 N–H and O–H groups in total. The lowest BCUT2D eigenvalue weighted by Gasteiger charge is -2.36. The molecule has 1 saturated carbocycles. The Morgan fingerprint density at radius 2 is 2.14 bits per heavy atom. The Hall–Kier alpha value is 0.0900. The Bertz CT molecular complexity index is 174. The summed E-state index contributed by atoms with van der Waals surface area (Å²) in [6.07, 6.45) is 6.34. The van der Waals surface area contributed by atoms with Crippen molar-refractivity contribution in [3.8, 4) is 0 Å². The Morgan fingerprint density at radius 3 is 2.71 bits per heavy atom. The van der Waals surface area contributed by atoms with Crippen molar-refractivity contribution in [1.82, 2.24) is 0 Å². The molecule has 14 heavy (non-hydrogen) atoms. The van der Waals surface area contributed by atoms with E-state index in [-0.39, 0.29) is 0 Å². The third-order valence-electron chi connectivity index (χ3n) is 3.39. The maximum atomic E-state index is 3.81. The molecule has 82 valence electrons. The van der Waals surface area contributed by atoms with Gasteiger partial charge in [0.25, 0.3) is 0 Å². The minimum absolute atomic E-state index is 0.852. The van der Waals surface area contributed by atoms with Gasteiger partial charge in [-0.15, -0.1) is 6.58 Å². The molecule has 1 aliphatic rings. The van der Waals surface area contributed by atoms with Crippen LogP contribution in [0.3, 0.4) is 0 Å². The van der Waals surface area contributed by atoms with E-state index < -0.39 is 0 Å². The molecule has 0 amide bonds. The van der Waals surface area contributed by atoms with Crippen molar-refractivity contribution in [3.05, 3.63) is 12.7 Å². The van der Waals surface area contributed by atoms with Crippen molar-refractivity contribution in [2.24, 2.45) is 17.8 Å². The number of hydrogen-bond donors (Lipinski definition) is 0. The van der Waals surface area contributed by atoms with Crippen LogP contribution in [-0.2, 0) is 0 Å². The van der Waals surface area contributed by atoms with Gasteiger partial charge in [0.05, 0.1) is 0 Å². The summed E-state index contributed by atoms with van der Waals surface area (Å²) in [5.74, 6) is 3.86. The van der Waals surface area contributed by atoms with Gasteiger partial charge in [0.1, 0.15) is 0 Å². The minimum Gasteiger partial charge on any atom is -0.154 e. The van der Waals surface area contributed by atoms with Gasteiger partial charge in [-0.3, -0.25) is 0 Å². The van der Waals surface area contributed by atoms with Crippen molar-refractivity contribution in [2.45, 2.75) is 45.3 Å². The summed E-state index contributed by atoms with van der Waals surface area (Å²) >= 11 is 2.12. The molecular weight excluding hydrogens is 188 g/mol. The first-order valence-electron chi connectivity index (χ1n) is 5.87. The molecule has 0 unspecified atom stereocenters. The molecule has 1 heteroatoms. The minimum atomic E-state index is 0.852. The first-order chi connectivity index (χ1) is 6.65. The lowest BCUT2D eigenvalue weighted by Crippen LogP contribution is -2.29. The second-order valence-electron chi connectivity index (χ2n) is 4.99. The van der Waals surface area contributed by atoms with Gasteiger partial charge >= 0.3 is 0 Å². The SMILES string of the molecule is C=CCS[C@@H]1C[C@H](C)CC[C@H]1C(C)C. The van der Waals surface area contributed by atoms with E-state index in [9.17, 15) is 0 Å². The van der Waals surface area contributed by atoms with Gasteiger partial charge in [-0.25, -0.2) is 0 Å². The topological polar surface area (TPSA) is 0 Å². The van der Waals surface area contributed by atoms with Crippen LogP contribution >= 0.6 is 11.8 Å². The fourth-order valence-electron chi connectivity index (χ4n) is 2.50. The zero-order chi connectivity index (χ0) is 10.6. The summed E-state index contributed by atoms with van der Waals surface area (Å²) in [5.41, 5.74) is 0. The molecule has 0 aromatic rings. The summed E-state index contributed by atoms with van der Waals surface area (Å²) in [4.78, 5) is 0. The van der Waals surface area contributed by atoms with Gasteiger partial charge in [-0.1, -0.05) is 33.3 Å². The van der Waals surface area contributed by atoms with Gasteiger partial charge in [0.15, 0.2) is 0 Å². The van der Waals surface area contributed by atoms with E-state index in [1.165, 1.54) is 19.3 Å². The lowest BCUT2D eigenvalue weighted by molar-refractivity contribution is 0.244. The third-order valence-corrected chi connectivity index (χ3v) is 4.79. The van der Waals surface area contributed by atoms with E-state index >= 15 is 0 Å². The van der Waals surface area contributed by atoms with Crippen LogP contribution in [0.25, 0.3) is 0 Å². The van der Waals surface area contributed by atoms with Gasteiger partial charge < -0.3 is 0 Å². The fourth-order valence-corrected chi connectivity index (χ4v) is 4.04. The predicted octanol–water partition coefficient (Wildman–Crippen LogP) is 4.37. The van der Waals surface area contributed by atoms with Gasteiger partial charge in [-0.05, 0) is 30.6 Å². The third kappa shape index (κ3) is 3.34. The Balaban J connectivity index is 2.49. The zero-order valence-electron chi connectivity index (χ0n) is 9.83. The molecule has 0 bridgehead atoms. The monoisotopic (exact) mass is 212 g/mol. The molecule has 1 rings (SSSR count). The molecule has 0 aliphatic heterocycles. The van der Waals surface area contributed by atoms with Crippen LogP contribution in [0, 0.1) is 17.8 Å². The smallest absolute Gasteiger partial charge is 0.0113 e. The van der Waals surface area contributed by atoms with E-state index in [1.807, 2.05) is 6.08 Å². The van der Waals surface area contributed by atoms with Crippen molar-refractivity contribution >= 4 is 11.8 Å². The molecule has 1 aliphatic carbocycles. The maximum absolute atomic E-state index is 3.81. The van der Waals surface area contributed by atoms with E-state index in [0.717, 1.165) is 28.8 Å². The fraction of sp³-hybridized carbons (Fsp3) is 0.846. The van der Waals surface area contributed by atoms with E-state index in [2.05, 4.69) is 39.1 Å².